The van der Waals surface area contributed by atoms with E-state index in [-0.39, 0.29) is 17.0 Å². The molecule has 2 N–H and O–H groups in total. The summed E-state index contributed by atoms with van der Waals surface area (Å²) in [6.45, 7) is 5.53. The predicted molar refractivity (Wildman–Crippen MR) is 104 cm³/mol. The molecule has 0 saturated heterocycles. The minimum Gasteiger partial charge on any atom is -0.507 e. The largest absolute Gasteiger partial charge is 0.507 e. The lowest BCUT2D eigenvalue weighted by Gasteiger charge is -2.28. The lowest BCUT2D eigenvalue weighted by atomic mass is 9.95. The lowest BCUT2D eigenvalue weighted by Crippen LogP contribution is -2.41. The SMILES string of the molecule is CCC(CC(C)C)NC(c1ccc(-c2cc(C(F)(F)F)ccc2F)c(O)c1)C(F)(F)F. The van der Waals surface area contributed by atoms with Gasteiger partial charge in [-0.1, -0.05) is 32.9 Å². The molecule has 0 spiro atoms. The molecule has 172 valence electrons. The van der Waals surface area contributed by atoms with E-state index < -0.39 is 47.1 Å². The van der Waals surface area contributed by atoms with Crippen molar-refractivity contribution in [1.29, 1.82) is 0 Å². The van der Waals surface area contributed by atoms with Gasteiger partial charge in [0.1, 0.15) is 17.6 Å². The third-order valence-electron chi connectivity index (χ3n) is 4.92. The molecule has 0 amide bonds. The highest BCUT2D eigenvalue weighted by Crippen LogP contribution is 2.40. The molecule has 0 aromatic heterocycles. The molecule has 0 aliphatic carbocycles. The van der Waals surface area contributed by atoms with E-state index in [1.165, 1.54) is 0 Å². The van der Waals surface area contributed by atoms with Crippen LogP contribution in [0.15, 0.2) is 36.4 Å². The molecule has 0 heterocycles. The van der Waals surface area contributed by atoms with Gasteiger partial charge in [-0.15, -0.1) is 0 Å². The molecule has 0 aliphatic rings. The summed E-state index contributed by atoms with van der Waals surface area (Å²) in [5.41, 5.74) is -2.34. The zero-order chi connectivity index (χ0) is 23.6. The average molecular weight is 451 g/mol. The van der Waals surface area contributed by atoms with E-state index in [4.69, 9.17) is 0 Å². The van der Waals surface area contributed by atoms with E-state index >= 15 is 0 Å². The number of hydrogen-bond donors (Lipinski definition) is 2. The Balaban J connectivity index is 2.46. The van der Waals surface area contributed by atoms with Crippen LogP contribution < -0.4 is 5.32 Å². The summed E-state index contributed by atoms with van der Waals surface area (Å²) in [6.07, 6.45) is -8.47. The zero-order valence-electron chi connectivity index (χ0n) is 17.2. The molecular formula is C22H24F7NO. The van der Waals surface area contributed by atoms with Crippen LogP contribution in [0, 0.1) is 11.7 Å². The molecule has 9 heteroatoms. The van der Waals surface area contributed by atoms with Crippen molar-refractivity contribution in [3.63, 3.8) is 0 Å². The summed E-state index contributed by atoms with van der Waals surface area (Å²) in [5, 5.41) is 12.8. The molecule has 0 fully saturated rings. The van der Waals surface area contributed by atoms with Crippen LogP contribution in [-0.2, 0) is 6.18 Å². The van der Waals surface area contributed by atoms with E-state index in [0.29, 0.717) is 31.0 Å². The van der Waals surface area contributed by atoms with Crippen LogP contribution in [0.2, 0.25) is 0 Å². The van der Waals surface area contributed by atoms with Crippen molar-refractivity contribution in [2.75, 3.05) is 0 Å². The summed E-state index contributed by atoms with van der Waals surface area (Å²) >= 11 is 0. The van der Waals surface area contributed by atoms with Crippen LogP contribution >= 0.6 is 0 Å². The monoisotopic (exact) mass is 451 g/mol. The number of nitrogens with one attached hydrogen (secondary N) is 1. The molecular weight excluding hydrogens is 427 g/mol. The average Bonchev–Trinajstić information content (AvgIpc) is 2.63. The molecule has 0 saturated carbocycles. The summed E-state index contributed by atoms with van der Waals surface area (Å²) in [7, 11) is 0. The number of benzene rings is 2. The highest BCUT2D eigenvalue weighted by molar-refractivity contribution is 5.72. The van der Waals surface area contributed by atoms with Gasteiger partial charge in [-0.05, 0) is 48.6 Å². The number of rotatable bonds is 7. The Morgan fingerprint density at radius 1 is 0.935 bits per heavy atom. The predicted octanol–water partition coefficient (Wildman–Crippen LogP) is 7.23. The second kappa shape index (κ2) is 9.46. The van der Waals surface area contributed by atoms with Crippen molar-refractivity contribution < 1.29 is 35.8 Å². The number of halogens is 7. The third-order valence-corrected chi connectivity index (χ3v) is 4.92. The first-order chi connectivity index (χ1) is 14.2. The lowest BCUT2D eigenvalue weighted by molar-refractivity contribution is -0.160. The fraction of sp³-hybridized carbons (Fsp3) is 0.455. The molecule has 2 rings (SSSR count). The van der Waals surface area contributed by atoms with Crippen molar-refractivity contribution in [3.05, 3.63) is 53.3 Å². The van der Waals surface area contributed by atoms with Gasteiger partial charge < -0.3 is 5.11 Å². The van der Waals surface area contributed by atoms with Crippen LogP contribution in [0.3, 0.4) is 0 Å². The Morgan fingerprint density at radius 2 is 1.58 bits per heavy atom. The first kappa shape index (κ1) is 25.0. The van der Waals surface area contributed by atoms with Crippen LogP contribution in [0.5, 0.6) is 5.75 Å². The molecule has 0 aliphatic heterocycles. The van der Waals surface area contributed by atoms with Crippen molar-refractivity contribution in [2.24, 2.45) is 5.92 Å². The van der Waals surface area contributed by atoms with Gasteiger partial charge in [0.2, 0.25) is 0 Å². The van der Waals surface area contributed by atoms with Gasteiger partial charge in [0.15, 0.2) is 0 Å². The van der Waals surface area contributed by atoms with E-state index in [9.17, 15) is 35.8 Å². The summed E-state index contributed by atoms with van der Waals surface area (Å²) in [6, 6.07) is 1.96. The minimum atomic E-state index is -4.74. The maximum atomic E-state index is 14.1. The number of hydrogen-bond acceptors (Lipinski definition) is 2. The number of aromatic hydroxyl groups is 1. The summed E-state index contributed by atoms with van der Waals surface area (Å²) < 4.78 is 94.1. The van der Waals surface area contributed by atoms with Crippen molar-refractivity contribution >= 4 is 0 Å². The smallest absolute Gasteiger partial charge is 0.416 e. The first-order valence-electron chi connectivity index (χ1n) is 9.76. The van der Waals surface area contributed by atoms with Crippen LogP contribution in [0.4, 0.5) is 30.7 Å². The molecule has 2 aromatic carbocycles. The van der Waals surface area contributed by atoms with E-state index in [2.05, 4.69) is 5.32 Å². The molecule has 31 heavy (non-hydrogen) atoms. The molecule has 2 nitrogen and oxygen atoms in total. The molecule has 2 atom stereocenters. The highest BCUT2D eigenvalue weighted by atomic mass is 19.4. The standard InChI is InChI=1S/C22H24F7NO/c1-4-15(9-12(2)3)30-20(22(27,28)29)13-5-7-16(19(31)10-13)17-11-14(21(24,25)26)6-8-18(17)23/h5-8,10-12,15,20,30-31H,4,9H2,1-3H3. The number of phenols is 1. The van der Waals surface area contributed by atoms with E-state index in [0.717, 1.165) is 18.2 Å². The quantitative estimate of drug-likeness (QED) is 0.435. The number of alkyl halides is 6. The van der Waals surface area contributed by atoms with Crippen LogP contribution in [0.25, 0.3) is 11.1 Å². The fourth-order valence-electron chi connectivity index (χ4n) is 3.40. The molecule has 0 radical (unpaired) electrons. The Hall–Kier alpha value is -2.29. The van der Waals surface area contributed by atoms with Gasteiger partial charge in [0.05, 0.1) is 5.56 Å². The molecule has 2 aromatic rings. The van der Waals surface area contributed by atoms with E-state index in [1.807, 2.05) is 13.8 Å². The summed E-state index contributed by atoms with van der Waals surface area (Å²) in [4.78, 5) is 0. The number of phenolic OH excluding ortho intramolecular Hbond substituents is 1. The van der Waals surface area contributed by atoms with Crippen molar-refractivity contribution in [3.8, 4) is 16.9 Å². The van der Waals surface area contributed by atoms with Gasteiger partial charge in [-0.3, -0.25) is 5.32 Å². The maximum absolute atomic E-state index is 14.1. The molecule has 0 bridgehead atoms. The second-order valence-electron chi connectivity index (χ2n) is 7.84. The van der Waals surface area contributed by atoms with Gasteiger partial charge in [-0.2, -0.15) is 26.3 Å². The Morgan fingerprint density at radius 3 is 2.06 bits per heavy atom. The van der Waals surface area contributed by atoms with Gasteiger partial charge in [0.25, 0.3) is 0 Å². The van der Waals surface area contributed by atoms with E-state index in [1.54, 1.807) is 6.92 Å². The minimum absolute atomic E-state index is 0.158. The Bertz CT molecular complexity index is 890. The summed E-state index contributed by atoms with van der Waals surface area (Å²) in [5.74, 6) is -1.63. The van der Waals surface area contributed by atoms with Crippen molar-refractivity contribution in [2.45, 2.75) is 58.0 Å². The Labute approximate surface area is 176 Å². The van der Waals surface area contributed by atoms with Gasteiger partial charge in [0, 0.05) is 17.2 Å². The topological polar surface area (TPSA) is 32.3 Å². The van der Waals surface area contributed by atoms with Crippen LogP contribution in [-0.4, -0.2) is 17.3 Å². The zero-order valence-corrected chi connectivity index (χ0v) is 17.2. The highest BCUT2D eigenvalue weighted by Gasteiger charge is 2.42. The fourth-order valence-corrected chi connectivity index (χ4v) is 3.40. The Kier molecular flexibility index (Phi) is 7.62. The second-order valence-corrected chi connectivity index (χ2v) is 7.84. The maximum Gasteiger partial charge on any atom is 0.416 e. The first-order valence-corrected chi connectivity index (χ1v) is 9.76. The van der Waals surface area contributed by atoms with Crippen LogP contribution in [0.1, 0.15) is 50.8 Å². The van der Waals surface area contributed by atoms with Gasteiger partial charge in [-0.25, -0.2) is 4.39 Å². The normalized spacial score (nSPS) is 14.7. The third kappa shape index (κ3) is 6.35. The van der Waals surface area contributed by atoms with Gasteiger partial charge >= 0.3 is 12.4 Å². The molecule has 2 unspecified atom stereocenters. The van der Waals surface area contributed by atoms with Crippen molar-refractivity contribution in [1.82, 2.24) is 5.32 Å².